The number of urea groups is 1. The second kappa shape index (κ2) is 7.72. The monoisotopic (exact) mass is 389 g/mol. The van der Waals surface area contributed by atoms with Gasteiger partial charge in [0.2, 0.25) is 5.91 Å². The topological polar surface area (TPSA) is 69.7 Å². The van der Waals surface area contributed by atoms with E-state index < -0.39 is 17.5 Å². The van der Waals surface area contributed by atoms with Crippen molar-refractivity contribution >= 4 is 29.4 Å². The average Bonchev–Trinajstić information content (AvgIpc) is 2.88. The molecule has 3 rings (SSSR count). The Morgan fingerprint density at radius 2 is 1.96 bits per heavy atom. The molecule has 2 aliphatic rings. The number of halogens is 1. The summed E-state index contributed by atoms with van der Waals surface area (Å²) in [5.74, 6) is -0.675. The lowest BCUT2D eigenvalue weighted by Crippen LogP contribution is -2.44. The van der Waals surface area contributed by atoms with E-state index in [1.54, 1.807) is 36.1 Å². The van der Waals surface area contributed by atoms with Gasteiger partial charge in [0.1, 0.15) is 12.1 Å². The number of amides is 4. The van der Waals surface area contributed by atoms with Crippen molar-refractivity contribution in [3.8, 4) is 0 Å². The minimum atomic E-state index is -1.21. The van der Waals surface area contributed by atoms with Gasteiger partial charge in [-0.1, -0.05) is 29.8 Å². The Balaban J connectivity index is 1.78. The molecule has 1 saturated heterocycles. The van der Waals surface area contributed by atoms with E-state index >= 15 is 0 Å². The molecular formula is C20H24ClN3O3. The van der Waals surface area contributed by atoms with Crippen molar-refractivity contribution in [3.05, 3.63) is 46.6 Å². The molecule has 1 heterocycles. The highest BCUT2D eigenvalue weighted by atomic mass is 35.5. The van der Waals surface area contributed by atoms with Crippen LogP contribution in [0.5, 0.6) is 0 Å². The molecule has 1 N–H and O–H groups in total. The van der Waals surface area contributed by atoms with Crippen LogP contribution < -0.4 is 5.32 Å². The van der Waals surface area contributed by atoms with Gasteiger partial charge in [-0.15, -0.1) is 0 Å². The van der Waals surface area contributed by atoms with Crippen LogP contribution in [-0.4, -0.2) is 40.7 Å². The molecule has 0 saturated carbocycles. The van der Waals surface area contributed by atoms with Crippen LogP contribution in [0.3, 0.4) is 0 Å². The summed E-state index contributed by atoms with van der Waals surface area (Å²) in [6.45, 7) is 3.79. The predicted molar refractivity (Wildman–Crippen MR) is 103 cm³/mol. The number of carbonyl (C=O) groups excluding carboxylic acids is 3. The number of likely N-dealkylation sites (N-methyl/N-ethyl adjacent to an activating group) is 1. The first kappa shape index (κ1) is 19.4. The zero-order chi connectivity index (χ0) is 19.6. The van der Waals surface area contributed by atoms with Crippen LogP contribution in [0, 0.1) is 0 Å². The van der Waals surface area contributed by atoms with Crippen LogP contribution in [0.15, 0.2) is 36.0 Å². The van der Waals surface area contributed by atoms with Crippen LogP contribution in [-0.2, 0) is 15.1 Å². The maximum atomic E-state index is 13.0. The van der Waals surface area contributed by atoms with Gasteiger partial charge in [0, 0.05) is 17.3 Å². The molecule has 1 atom stereocenters. The van der Waals surface area contributed by atoms with Gasteiger partial charge >= 0.3 is 6.03 Å². The first-order chi connectivity index (χ1) is 12.9. The van der Waals surface area contributed by atoms with E-state index in [1.807, 2.05) is 6.92 Å². The molecule has 144 valence electrons. The number of hydrogen-bond acceptors (Lipinski definition) is 3. The lowest BCUT2D eigenvalue weighted by molar-refractivity contribution is -0.138. The highest BCUT2D eigenvalue weighted by molar-refractivity contribution is 6.30. The van der Waals surface area contributed by atoms with E-state index in [0.29, 0.717) is 17.1 Å². The summed E-state index contributed by atoms with van der Waals surface area (Å²) >= 11 is 5.91. The molecule has 1 aliphatic heterocycles. The van der Waals surface area contributed by atoms with Crippen LogP contribution in [0.1, 0.15) is 45.1 Å². The normalized spacial score (nSPS) is 22.5. The van der Waals surface area contributed by atoms with E-state index in [0.717, 1.165) is 36.3 Å². The Hall–Kier alpha value is -2.34. The molecule has 0 spiro atoms. The molecular weight excluding hydrogens is 366 g/mol. The van der Waals surface area contributed by atoms with Crippen molar-refractivity contribution in [2.75, 3.05) is 13.1 Å². The number of carbonyl (C=O) groups is 3. The summed E-state index contributed by atoms with van der Waals surface area (Å²) in [5.41, 5.74) is 0.409. The fourth-order valence-electron chi connectivity index (χ4n) is 3.65. The number of nitrogens with zero attached hydrogens (tertiary/aromatic N) is 2. The van der Waals surface area contributed by atoms with Crippen molar-refractivity contribution in [2.24, 2.45) is 0 Å². The smallest absolute Gasteiger partial charge is 0.319 e. The van der Waals surface area contributed by atoms with Gasteiger partial charge < -0.3 is 10.2 Å². The SMILES string of the molecule is CCN(C(=O)CN1C(=O)NC(C)(c2ccc(Cl)cc2)C1=O)C1=CCCCC1. The van der Waals surface area contributed by atoms with Crippen LogP contribution in [0.2, 0.25) is 5.02 Å². The molecule has 1 aliphatic carbocycles. The fraction of sp³-hybridized carbons (Fsp3) is 0.450. The molecule has 0 aromatic heterocycles. The zero-order valence-corrected chi connectivity index (χ0v) is 16.4. The quantitative estimate of drug-likeness (QED) is 0.784. The second-order valence-electron chi connectivity index (χ2n) is 7.03. The van der Waals surface area contributed by atoms with Gasteiger partial charge in [0.05, 0.1) is 0 Å². The van der Waals surface area contributed by atoms with Gasteiger partial charge in [-0.2, -0.15) is 0 Å². The van der Waals surface area contributed by atoms with Crippen LogP contribution >= 0.6 is 11.6 Å². The van der Waals surface area contributed by atoms with E-state index in [-0.39, 0.29) is 12.5 Å². The minimum absolute atomic E-state index is 0.241. The molecule has 0 bridgehead atoms. The average molecular weight is 390 g/mol. The van der Waals surface area contributed by atoms with E-state index in [1.165, 1.54) is 0 Å². The first-order valence-electron chi connectivity index (χ1n) is 9.26. The van der Waals surface area contributed by atoms with Gasteiger partial charge in [-0.3, -0.25) is 14.5 Å². The summed E-state index contributed by atoms with van der Waals surface area (Å²) in [6.07, 6.45) is 6.06. The highest BCUT2D eigenvalue weighted by Gasteiger charge is 2.49. The molecule has 6 nitrogen and oxygen atoms in total. The molecule has 1 unspecified atom stereocenters. The van der Waals surface area contributed by atoms with Crippen LogP contribution in [0.4, 0.5) is 4.79 Å². The zero-order valence-electron chi connectivity index (χ0n) is 15.6. The lowest BCUT2D eigenvalue weighted by Gasteiger charge is -2.28. The molecule has 7 heteroatoms. The van der Waals surface area contributed by atoms with Crippen molar-refractivity contribution in [2.45, 2.75) is 45.1 Å². The third kappa shape index (κ3) is 3.72. The largest absolute Gasteiger partial charge is 0.325 e. The first-order valence-corrected chi connectivity index (χ1v) is 9.64. The lowest BCUT2D eigenvalue weighted by atomic mass is 9.92. The fourth-order valence-corrected chi connectivity index (χ4v) is 3.77. The molecule has 1 aromatic rings. The summed E-state index contributed by atoms with van der Waals surface area (Å²) in [7, 11) is 0. The number of benzene rings is 1. The Kier molecular flexibility index (Phi) is 5.56. The molecule has 4 amide bonds. The Labute approximate surface area is 164 Å². The maximum absolute atomic E-state index is 13.0. The molecule has 1 aromatic carbocycles. The summed E-state index contributed by atoms with van der Waals surface area (Å²) in [5, 5.41) is 3.26. The Bertz CT molecular complexity index is 790. The number of hydrogen-bond donors (Lipinski definition) is 1. The third-order valence-electron chi connectivity index (χ3n) is 5.22. The van der Waals surface area contributed by atoms with Crippen molar-refractivity contribution < 1.29 is 14.4 Å². The number of nitrogens with one attached hydrogen (secondary N) is 1. The predicted octanol–water partition coefficient (Wildman–Crippen LogP) is 3.41. The van der Waals surface area contributed by atoms with Crippen molar-refractivity contribution in [3.63, 3.8) is 0 Å². The van der Waals surface area contributed by atoms with E-state index in [4.69, 9.17) is 11.6 Å². The van der Waals surface area contributed by atoms with Crippen LogP contribution in [0.25, 0.3) is 0 Å². The molecule has 0 radical (unpaired) electrons. The van der Waals surface area contributed by atoms with Gasteiger partial charge in [-0.05, 0) is 57.2 Å². The summed E-state index contributed by atoms with van der Waals surface area (Å²) < 4.78 is 0. The summed E-state index contributed by atoms with van der Waals surface area (Å²) in [6, 6.07) is 6.20. The Morgan fingerprint density at radius 1 is 1.26 bits per heavy atom. The Morgan fingerprint density at radius 3 is 2.56 bits per heavy atom. The third-order valence-corrected chi connectivity index (χ3v) is 5.47. The molecule has 27 heavy (non-hydrogen) atoms. The van der Waals surface area contributed by atoms with Crippen molar-refractivity contribution in [1.82, 2.24) is 15.1 Å². The summed E-state index contributed by atoms with van der Waals surface area (Å²) in [4.78, 5) is 40.9. The molecule has 1 fully saturated rings. The maximum Gasteiger partial charge on any atom is 0.325 e. The van der Waals surface area contributed by atoms with E-state index in [9.17, 15) is 14.4 Å². The van der Waals surface area contributed by atoms with Crippen molar-refractivity contribution in [1.29, 1.82) is 0 Å². The van der Waals surface area contributed by atoms with Gasteiger partial charge in [0.25, 0.3) is 5.91 Å². The number of allylic oxidation sites excluding steroid dienone is 2. The van der Waals surface area contributed by atoms with Gasteiger partial charge in [-0.25, -0.2) is 4.79 Å². The number of imide groups is 1. The highest BCUT2D eigenvalue weighted by Crippen LogP contribution is 2.30. The standard InChI is InChI=1S/C20H24ClN3O3/c1-3-23(16-7-5-4-6-8-16)17(25)13-24-18(26)20(2,22-19(24)27)14-9-11-15(21)12-10-14/h7,9-12H,3-6,8,13H2,1-2H3,(H,22,27). The van der Waals surface area contributed by atoms with E-state index in [2.05, 4.69) is 11.4 Å². The minimum Gasteiger partial charge on any atom is -0.319 e. The number of rotatable bonds is 5. The second-order valence-corrected chi connectivity index (χ2v) is 7.47. The van der Waals surface area contributed by atoms with Gasteiger partial charge in [0.15, 0.2) is 0 Å².